The van der Waals surface area contributed by atoms with Crippen molar-refractivity contribution in [3.05, 3.63) is 29.8 Å². The van der Waals surface area contributed by atoms with Crippen LogP contribution in [0.25, 0.3) is 0 Å². The summed E-state index contributed by atoms with van der Waals surface area (Å²) in [5, 5.41) is 3.23. The van der Waals surface area contributed by atoms with E-state index < -0.39 is 0 Å². The summed E-state index contributed by atoms with van der Waals surface area (Å²) in [6.07, 6.45) is 0. The van der Waals surface area contributed by atoms with E-state index in [1.807, 2.05) is 18.8 Å². The molecule has 2 heteroatoms. The molecule has 0 saturated carbocycles. The fraction of sp³-hybridized carbons (Fsp3) is 0.455. The number of hydrogen-bond donors (Lipinski definition) is 1. The lowest BCUT2D eigenvalue weighted by molar-refractivity contribution is 0.652. The molecule has 0 aromatic heterocycles. The summed E-state index contributed by atoms with van der Waals surface area (Å²) < 4.78 is 0. The second-order valence-corrected chi connectivity index (χ2v) is 4.35. The first kappa shape index (κ1) is 10.6. The molecule has 0 spiro atoms. The Labute approximate surface area is 84.9 Å². The maximum absolute atomic E-state index is 3.23. The van der Waals surface area contributed by atoms with E-state index in [4.69, 9.17) is 0 Å². The van der Waals surface area contributed by atoms with Crippen molar-refractivity contribution in [3.8, 4) is 0 Å². The van der Waals surface area contributed by atoms with Crippen LogP contribution in [0, 0.1) is 0 Å². The molecule has 0 radical (unpaired) electrons. The van der Waals surface area contributed by atoms with Gasteiger partial charge in [0.2, 0.25) is 0 Å². The lowest BCUT2D eigenvalue weighted by atomic mass is 10.1. The zero-order chi connectivity index (χ0) is 9.68. The van der Waals surface area contributed by atoms with Gasteiger partial charge in [-0.1, -0.05) is 19.1 Å². The summed E-state index contributed by atoms with van der Waals surface area (Å²) in [4.78, 5) is 1.36. The molecule has 0 aliphatic rings. The first-order chi connectivity index (χ1) is 6.27. The molecule has 1 atom stereocenters. The van der Waals surface area contributed by atoms with Gasteiger partial charge in [-0.15, -0.1) is 11.8 Å². The van der Waals surface area contributed by atoms with Crippen molar-refractivity contribution in [2.45, 2.75) is 24.8 Å². The van der Waals surface area contributed by atoms with E-state index in [9.17, 15) is 0 Å². The van der Waals surface area contributed by atoms with Crippen LogP contribution in [0.5, 0.6) is 0 Å². The SMILES string of the molecule is CCSc1ccc(C(C)NC)cc1. The van der Waals surface area contributed by atoms with Crippen LogP contribution in [0.3, 0.4) is 0 Å². The minimum atomic E-state index is 0.445. The molecule has 1 unspecified atom stereocenters. The second kappa shape index (κ2) is 5.30. The third kappa shape index (κ3) is 3.05. The Hall–Kier alpha value is -0.470. The van der Waals surface area contributed by atoms with Crippen molar-refractivity contribution in [1.29, 1.82) is 0 Å². The predicted molar refractivity (Wildman–Crippen MR) is 60.3 cm³/mol. The standard InChI is InChI=1S/C11H17NS/c1-4-13-11-7-5-10(6-8-11)9(2)12-3/h5-9,12H,4H2,1-3H3. The third-order valence-corrected chi connectivity index (χ3v) is 3.02. The van der Waals surface area contributed by atoms with Gasteiger partial charge < -0.3 is 5.32 Å². The lowest BCUT2D eigenvalue weighted by Crippen LogP contribution is -2.11. The van der Waals surface area contributed by atoms with Crippen molar-refractivity contribution in [1.82, 2.24) is 5.32 Å². The van der Waals surface area contributed by atoms with Crippen molar-refractivity contribution in [2.24, 2.45) is 0 Å². The highest BCUT2D eigenvalue weighted by Crippen LogP contribution is 2.20. The van der Waals surface area contributed by atoms with Gasteiger partial charge in [-0.2, -0.15) is 0 Å². The number of hydrogen-bond acceptors (Lipinski definition) is 2. The molecule has 1 rings (SSSR count). The highest BCUT2D eigenvalue weighted by atomic mass is 32.2. The summed E-state index contributed by atoms with van der Waals surface area (Å²) in [5.74, 6) is 1.14. The zero-order valence-electron chi connectivity index (χ0n) is 8.50. The second-order valence-electron chi connectivity index (χ2n) is 3.01. The Morgan fingerprint density at radius 2 is 1.92 bits per heavy atom. The highest BCUT2D eigenvalue weighted by molar-refractivity contribution is 7.99. The van der Waals surface area contributed by atoms with Gasteiger partial charge >= 0.3 is 0 Å². The Morgan fingerprint density at radius 1 is 1.31 bits per heavy atom. The minimum absolute atomic E-state index is 0.445. The number of rotatable bonds is 4. The fourth-order valence-electron chi connectivity index (χ4n) is 1.19. The van der Waals surface area contributed by atoms with Crippen molar-refractivity contribution in [3.63, 3.8) is 0 Å². The molecule has 1 nitrogen and oxygen atoms in total. The van der Waals surface area contributed by atoms with E-state index >= 15 is 0 Å². The van der Waals surface area contributed by atoms with Crippen LogP contribution in [-0.2, 0) is 0 Å². The van der Waals surface area contributed by atoms with Gasteiger partial charge in [0.05, 0.1) is 0 Å². The molecule has 0 saturated heterocycles. The molecule has 72 valence electrons. The molecular formula is C11H17NS. The third-order valence-electron chi connectivity index (χ3n) is 2.12. The highest BCUT2D eigenvalue weighted by Gasteiger charge is 2.00. The first-order valence-electron chi connectivity index (χ1n) is 4.68. The molecule has 1 N–H and O–H groups in total. The van der Waals surface area contributed by atoms with E-state index in [1.165, 1.54) is 10.5 Å². The number of nitrogens with one attached hydrogen (secondary N) is 1. The van der Waals surface area contributed by atoms with Gasteiger partial charge in [-0.3, -0.25) is 0 Å². The van der Waals surface area contributed by atoms with Crippen LogP contribution in [0.4, 0.5) is 0 Å². The van der Waals surface area contributed by atoms with E-state index in [-0.39, 0.29) is 0 Å². The minimum Gasteiger partial charge on any atom is -0.313 e. The molecule has 0 bridgehead atoms. The molecule has 0 heterocycles. The summed E-state index contributed by atoms with van der Waals surface area (Å²) in [7, 11) is 1.99. The van der Waals surface area contributed by atoms with Crippen molar-refractivity contribution < 1.29 is 0 Å². The Morgan fingerprint density at radius 3 is 2.38 bits per heavy atom. The van der Waals surface area contributed by atoms with Crippen LogP contribution >= 0.6 is 11.8 Å². The normalized spacial score (nSPS) is 12.8. The van der Waals surface area contributed by atoms with Gasteiger partial charge in [0.1, 0.15) is 0 Å². The van der Waals surface area contributed by atoms with Crippen LogP contribution in [-0.4, -0.2) is 12.8 Å². The topological polar surface area (TPSA) is 12.0 Å². The number of benzene rings is 1. The van der Waals surface area contributed by atoms with Gasteiger partial charge in [-0.05, 0) is 37.4 Å². The molecule has 0 amide bonds. The van der Waals surface area contributed by atoms with Crippen LogP contribution in [0.15, 0.2) is 29.2 Å². The Balaban J connectivity index is 2.69. The van der Waals surface area contributed by atoms with Gasteiger partial charge in [0, 0.05) is 10.9 Å². The van der Waals surface area contributed by atoms with Crippen LogP contribution in [0.1, 0.15) is 25.5 Å². The molecule has 1 aromatic rings. The van der Waals surface area contributed by atoms with E-state index in [1.54, 1.807) is 0 Å². The van der Waals surface area contributed by atoms with Crippen LogP contribution < -0.4 is 5.32 Å². The maximum atomic E-state index is 3.23. The molecule has 13 heavy (non-hydrogen) atoms. The van der Waals surface area contributed by atoms with E-state index in [0.717, 1.165) is 5.75 Å². The van der Waals surface area contributed by atoms with E-state index in [2.05, 4.69) is 43.4 Å². The van der Waals surface area contributed by atoms with E-state index in [0.29, 0.717) is 6.04 Å². The molecule has 0 fully saturated rings. The average molecular weight is 195 g/mol. The average Bonchev–Trinajstić information content (AvgIpc) is 2.18. The molecule has 1 aromatic carbocycles. The van der Waals surface area contributed by atoms with Gasteiger partial charge in [0.25, 0.3) is 0 Å². The Kier molecular flexibility index (Phi) is 4.33. The van der Waals surface area contributed by atoms with Crippen molar-refractivity contribution in [2.75, 3.05) is 12.8 Å². The van der Waals surface area contributed by atoms with Crippen molar-refractivity contribution >= 4 is 11.8 Å². The summed E-state index contributed by atoms with van der Waals surface area (Å²) >= 11 is 1.88. The van der Waals surface area contributed by atoms with Crippen LogP contribution in [0.2, 0.25) is 0 Å². The zero-order valence-corrected chi connectivity index (χ0v) is 9.32. The quantitative estimate of drug-likeness (QED) is 0.741. The van der Waals surface area contributed by atoms with Gasteiger partial charge in [0.15, 0.2) is 0 Å². The monoisotopic (exact) mass is 195 g/mol. The first-order valence-corrected chi connectivity index (χ1v) is 5.66. The fourth-order valence-corrected chi connectivity index (χ4v) is 1.85. The molecule has 0 aliphatic carbocycles. The summed E-state index contributed by atoms with van der Waals surface area (Å²) in [6.45, 7) is 4.34. The Bertz CT molecular complexity index is 243. The molecule has 0 aliphatic heterocycles. The molecular weight excluding hydrogens is 178 g/mol. The smallest absolute Gasteiger partial charge is 0.0289 e. The largest absolute Gasteiger partial charge is 0.313 e. The summed E-state index contributed by atoms with van der Waals surface area (Å²) in [6, 6.07) is 9.22. The maximum Gasteiger partial charge on any atom is 0.0289 e. The summed E-state index contributed by atoms with van der Waals surface area (Å²) in [5.41, 5.74) is 1.35. The lowest BCUT2D eigenvalue weighted by Gasteiger charge is -2.10. The number of thioether (sulfide) groups is 1. The van der Waals surface area contributed by atoms with Gasteiger partial charge in [-0.25, -0.2) is 0 Å². The predicted octanol–water partition coefficient (Wildman–Crippen LogP) is 3.08.